The number of rotatable bonds is 1. The Morgan fingerprint density at radius 2 is 1.81 bits per heavy atom. The number of aromatic hydroxyl groups is 2. The van der Waals surface area contributed by atoms with Crippen LogP contribution in [0.1, 0.15) is 29.4 Å². The summed E-state index contributed by atoms with van der Waals surface area (Å²) in [6, 6.07) is 5.68. The van der Waals surface area contributed by atoms with Gasteiger partial charge < -0.3 is 10.2 Å². The topological polar surface area (TPSA) is 74.1 Å². The SMILES string of the molecule is Oc1c2c(c(O)n1-c1ccc3cn[nH]c3c1)[C@H]1C=C[C@@H]2C1. The molecule has 2 heterocycles. The first kappa shape index (κ1) is 11.0. The second kappa shape index (κ2) is 3.49. The number of aromatic amines is 1. The molecule has 3 aromatic rings. The Hall–Kier alpha value is -2.69. The van der Waals surface area contributed by atoms with Gasteiger partial charge in [0.1, 0.15) is 0 Å². The molecule has 5 heteroatoms. The smallest absolute Gasteiger partial charge is 0.202 e. The van der Waals surface area contributed by atoms with Gasteiger partial charge in [0.2, 0.25) is 11.8 Å². The summed E-state index contributed by atoms with van der Waals surface area (Å²) < 4.78 is 1.52. The third-order valence-corrected chi connectivity index (χ3v) is 4.70. The van der Waals surface area contributed by atoms with E-state index in [1.54, 1.807) is 6.20 Å². The molecular weight excluding hydrogens is 266 g/mol. The van der Waals surface area contributed by atoms with E-state index >= 15 is 0 Å². The lowest BCUT2D eigenvalue weighted by molar-refractivity contribution is 0.395. The average Bonchev–Trinajstić information content (AvgIpc) is 3.22. The van der Waals surface area contributed by atoms with E-state index in [1.165, 1.54) is 4.57 Å². The third kappa shape index (κ3) is 1.24. The van der Waals surface area contributed by atoms with Crippen molar-refractivity contribution in [1.82, 2.24) is 14.8 Å². The maximum Gasteiger partial charge on any atom is 0.202 e. The minimum Gasteiger partial charge on any atom is -0.494 e. The van der Waals surface area contributed by atoms with Crippen molar-refractivity contribution in [2.75, 3.05) is 0 Å². The highest BCUT2D eigenvalue weighted by Crippen LogP contribution is 2.57. The molecule has 2 bridgehead atoms. The van der Waals surface area contributed by atoms with Crippen LogP contribution in [0.2, 0.25) is 0 Å². The van der Waals surface area contributed by atoms with Crippen LogP contribution in [0, 0.1) is 0 Å². The fourth-order valence-corrected chi connectivity index (χ4v) is 3.75. The van der Waals surface area contributed by atoms with E-state index in [4.69, 9.17) is 0 Å². The summed E-state index contributed by atoms with van der Waals surface area (Å²) in [5.41, 5.74) is 3.37. The lowest BCUT2D eigenvalue weighted by Crippen LogP contribution is -1.95. The van der Waals surface area contributed by atoms with Gasteiger partial charge in [0.25, 0.3) is 0 Å². The van der Waals surface area contributed by atoms with Gasteiger partial charge in [-0.05, 0) is 24.6 Å². The van der Waals surface area contributed by atoms with Crippen LogP contribution >= 0.6 is 0 Å². The number of hydrogen-bond acceptors (Lipinski definition) is 3. The van der Waals surface area contributed by atoms with Crippen molar-refractivity contribution in [1.29, 1.82) is 0 Å². The minimum absolute atomic E-state index is 0.151. The molecule has 2 aliphatic carbocycles. The Labute approximate surface area is 120 Å². The Morgan fingerprint density at radius 1 is 1.10 bits per heavy atom. The maximum atomic E-state index is 10.6. The normalized spacial score (nSPS) is 22.3. The number of nitrogens with zero attached hydrogens (tertiary/aromatic N) is 2. The fourth-order valence-electron chi connectivity index (χ4n) is 3.75. The zero-order chi connectivity index (χ0) is 14.1. The predicted octanol–water partition coefficient (Wildman–Crippen LogP) is 2.91. The number of fused-ring (bicyclic) bond motifs is 6. The van der Waals surface area contributed by atoms with Gasteiger partial charge in [-0.2, -0.15) is 5.10 Å². The van der Waals surface area contributed by atoms with E-state index in [0.717, 1.165) is 34.1 Å². The molecule has 0 amide bonds. The standard InChI is InChI=1S/C16H13N3O2/c20-15-13-8-1-2-9(5-8)14(13)16(21)19(15)11-4-3-10-7-17-18-12(10)6-11/h1-4,6-9,20-21H,5H2,(H,17,18)/t8-,9+. The zero-order valence-corrected chi connectivity index (χ0v) is 11.1. The van der Waals surface area contributed by atoms with Crippen LogP contribution in [-0.2, 0) is 0 Å². The zero-order valence-electron chi connectivity index (χ0n) is 11.1. The van der Waals surface area contributed by atoms with Gasteiger partial charge >= 0.3 is 0 Å². The van der Waals surface area contributed by atoms with E-state index in [-0.39, 0.29) is 23.6 Å². The summed E-state index contributed by atoms with van der Waals surface area (Å²) in [5.74, 6) is 0.762. The Kier molecular flexibility index (Phi) is 1.83. The Bertz CT molecular complexity index is 884. The highest BCUT2D eigenvalue weighted by atomic mass is 16.3. The van der Waals surface area contributed by atoms with Gasteiger partial charge in [0.05, 0.1) is 17.4 Å². The molecule has 5 rings (SSSR count). The van der Waals surface area contributed by atoms with Crippen molar-refractivity contribution < 1.29 is 10.2 Å². The summed E-state index contributed by atoms with van der Waals surface area (Å²) >= 11 is 0. The molecule has 0 unspecified atom stereocenters. The number of nitrogens with one attached hydrogen (secondary N) is 1. The lowest BCUT2D eigenvalue weighted by Gasteiger charge is -2.09. The average molecular weight is 279 g/mol. The fraction of sp³-hybridized carbons (Fsp3) is 0.188. The van der Waals surface area contributed by atoms with Crippen LogP contribution in [0.25, 0.3) is 16.6 Å². The third-order valence-electron chi connectivity index (χ3n) is 4.70. The van der Waals surface area contributed by atoms with Gasteiger partial charge in [-0.3, -0.25) is 9.67 Å². The van der Waals surface area contributed by atoms with Gasteiger partial charge in [0.15, 0.2) is 0 Å². The van der Waals surface area contributed by atoms with Crippen LogP contribution < -0.4 is 0 Å². The number of allylic oxidation sites excluding steroid dienone is 2. The summed E-state index contributed by atoms with van der Waals surface area (Å²) in [5, 5.41) is 29.0. The van der Waals surface area contributed by atoms with Gasteiger partial charge in [-0.1, -0.05) is 12.2 Å². The van der Waals surface area contributed by atoms with Gasteiger partial charge in [0, 0.05) is 28.3 Å². The molecule has 0 saturated carbocycles. The van der Waals surface area contributed by atoms with Crippen LogP contribution in [0.5, 0.6) is 11.8 Å². The van der Waals surface area contributed by atoms with Crippen molar-refractivity contribution in [3.8, 4) is 17.4 Å². The molecule has 0 radical (unpaired) electrons. The molecule has 2 atom stereocenters. The minimum atomic E-state index is 0.151. The first-order valence-corrected chi connectivity index (χ1v) is 7.02. The van der Waals surface area contributed by atoms with Crippen LogP contribution in [0.4, 0.5) is 0 Å². The van der Waals surface area contributed by atoms with Crippen molar-refractivity contribution in [2.45, 2.75) is 18.3 Å². The molecule has 104 valence electrons. The molecule has 0 saturated heterocycles. The van der Waals surface area contributed by atoms with Crippen molar-refractivity contribution >= 4 is 10.9 Å². The van der Waals surface area contributed by atoms with E-state index < -0.39 is 0 Å². The second-order valence-electron chi connectivity index (χ2n) is 5.79. The summed E-state index contributed by atoms with van der Waals surface area (Å²) in [6.07, 6.45) is 6.95. The van der Waals surface area contributed by atoms with Gasteiger partial charge in [-0.15, -0.1) is 0 Å². The number of aromatic nitrogens is 3. The molecule has 0 fully saturated rings. The Balaban J connectivity index is 1.77. The highest BCUT2D eigenvalue weighted by molar-refractivity contribution is 5.80. The van der Waals surface area contributed by atoms with Crippen molar-refractivity contribution in [2.24, 2.45) is 0 Å². The second-order valence-corrected chi connectivity index (χ2v) is 5.79. The van der Waals surface area contributed by atoms with Crippen LogP contribution in [0.3, 0.4) is 0 Å². The summed E-state index contributed by atoms with van der Waals surface area (Å²) in [7, 11) is 0. The van der Waals surface area contributed by atoms with E-state index in [1.807, 2.05) is 18.2 Å². The number of hydrogen-bond donors (Lipinski definition) is 3. The quantitative estimate of drug-likeness (QED) is 0.600. The molecule has 0 spiro atoms. The van der Waals surface area contributed by atoms with Crippen LogP contribution in [-0.4, -0.2) is 25.0 Å². The maximum absolute atomic E-state index is 10.6. The summed E-state index contributed by atoms with van der Waals surface area (Å²) in [6.45, 7) is 0. The number of benzene rings is 1. The van der Waals surface area contributed by atoms with Crippen molar-refractivity contribution in [3.63, 3.8) is 0 Å². The van der Waals surface area contributed by atoms with E-state index in [0.29, 0.717) is 0 Å². The van der Waals surface area contributed by atoms with Gasteiger partial charge in [-0.25, -0.2) is 0 Å². The van der Waals surface area contributed by atoms with Crippen molar-refractivity contribution in [3.05, 3.63) is 47.7 Å². The first-order chi connectivity index (χ1) is 10.2. The monoisotopic (exact) mass is 279 g/mol. The Morgan fingerprint density at radius 3 is 2.52 bits per heavy atom. The number of H-pyrrole nitrogens is 1. The molecule has 5 nitrogen and oxygen atoms in total. The van der Waals surface area contributed by atoms with E-state index in [9.17, 15) is 10.2 Å². The molecule has 2 aliphatic rings. The lowest BCUT2D eigenvalue weighted by atomic mass is 10.0. The predicted molar refractivity (Wildman–Crippen MR) is 78.0 cm³/mol. The molecule has 2 aromatic heterocycles. The molecule has 0 aliphatic heterocycles. The molecule has 1 aromatic carbocycles. The molecule has 3 N–H and O–H groups in total. The van der Waals surface area contributed by atoms with Crippen LogP contribution in [0.15, 0.2) is 36.5 Å². The summed E-state index contributed by atoms with van der Waals surface area (Å²) in [4.78, 5) is 0. The first-order valence-electron chi connectivity index (χ1n) is 7.02. The highest BCUT2D eigenvalue weighted by Gasteiger charge is 2.41. The molecular formula is C16H13N3O2. The largest absolute Gasteiger partial charge is 0.494 e. The van der Waals surface area contributed by atoms with E-state index in [2.05, 4.69) is 22.3 Å². The molecule has 21 heavy (non-hydrogen) atoms.